The highest BCUT2D eigenvalue weighted by atomic mass is 32.2. The largest absolute Gasteiger partial charge is 0.336 e. The molecule has 0 unspecified atom stereocenters. The first-order chi connectivity index (χ1) is 9.74. The molecule has 0 aliphatic carbocycles. The third-order valence-corrected chi connectivity index (χ3v) is 4.57. The van der Waals surface area contributed by atoms with Crippen LogP contribution < -0.4 is 10.6 Å². The second-order valence-corrected chi connectivity index (χ2v) is 6.04. The van der Waals surface area contributed by atoms with Gasteiger partial charge in [-0.3, -0.25) is 9.59 Å². The molecule has 2 aliphatic heterocycles. The van der Waals surface area contributed by atoms with Crippen molar-refractivity contribution in [3.05, 3.63) is 23.8 Å². The summed E-state index contributed by atoms with van der Waals surface area (Å²) in [5.74, 6) is 0.838. The highest BCUT2D eigenvalue weighted by Crippen LogP contribution is 2.31. The highest BCUT2D eigenvalue weighted by Gasteiger charge is 2.20. The minimum atomic E-state index is 0.0167. The Kier molecular flexibility index (Phi) is 3.93. The van der Waals surface area contributed by atoms with Gasteiger partial charge < -0.3 is 15.5 Å². The third kappa shape index (κ3) is 2.81. The Morgan fingerprint density at radius 3 is 2.85 bits per heavy atom. The molecular weight excluding hydrogens is 274 g/mol. The number of benzene rings is 1. The van der Waals surface area contributed by atoms with E-state index in [0.29, 0.717) is 12.0 Å². The number of nitrogens with zero attached hydrogens (tertiary/aromatic N) is 1. The van der Waals surface area contributed by atoms with Crippen LogP contribution in [0.4, 0.5) is 5.69 Å². The van der Waals surface area contributed by atoms with Gasteiger partial charge in [0.25, 0.3) is 5.91 Å². The lowest BCUT2D eigenvalue weighted by Gasteiger charge is -2.27. The molecule has 0 atom stereocenters. The molecule has 2 aliphatic rings. The number of carbonyl (C=O) groups excluding carboxylic acids is 2. The van der Waals surface area contributed by atoms with E-state index in [1.54, 1.807) is 17.8 Å². The van der Waals surface area contributed by atoms with Crippen LogP contribution >= 0.6 is 11.8 Å². The van der Waals surface area contributed by atoms with Crippen LogP contribution in [-0.4, -0.2) is 48.6 Å². The van der Waals surface area contributed by atoms with Crippen molar-refractivity contribution in [2.45, 2.75) is 11.3 Å². The smallest absolute Gasteiger partial charge is 0.254 e. The molecule has 0 bridgehead atoms. The summed E-state index contributed by atoms with van der Waals surface area (Å²) >= 11 is 1.65. The van der Waals surface area contributed by atoms with Crippen LogP contribution in [0.3, 0.4) is 0 Å². The Balaban J connectivity index is 1.83. The first-order valence-corrected chi connectivity index (χ1v) is 7.79. The number of nitrogens with one attached hydrogen (secondary N) is 2. The first kappa shape index (κ1) is 13.5. The van der Waals surface area contributed by atoms with E-state index in [-0.39, 0.29) is 11.8 Å². The van der Waals surface area contributed by atoms with Gasteiger partial charge in [-0.2, -0.15) is 0 Å². The van der Waals surface area contributed by atoms with Gasteiger partial charge in [0.1, 0.15) is 0 Å². The van der Waals surface area contributed by atoms with Gasteiger partial charge in [0.2, 0.25) is 5.91 Å². The molecule has 2 heterocycles. The van der Waals surface area contributed by atoms with Crippen LogP contribution in [0.15, 0.2) is 23.1 Å². The molecule has 5 nitrogen and oxygen atoms in total. The maximum Gasteiger partial charge on any atom is 0.254 e. The van der Waals surface area contributed by atoms with E-state index in [1.165, 1.54) is 0 Å². The first-order valence-electron chi connectivity index (χ1n) is 6.81. The number of rotatable bonds is 1. The Labute approximate surface area is 122 Å². The quantitative estimate of drug-likeness (QED) is 0.815. The number of fused-ring (bicyclic) bond motifs is 1. The predicted molar refractivity (Wildman–Crippen MR) is 79.2 cm³/mol. The summed E-state index contributed by atoms with van der Waals surface area (Å²) in [6.07, 6.45) is 0.514. The molecule has 3 rings (SSSR count). The molecule has 106 valence electrons. The van der Waals surface area contributed by atoms with Gasteiger partial charge in [-0.05, 0) is 18.2 Å². The second-order valence-electron chi connectivity index (χ2n) is 4.90. The van der Waals surface area contributed by atoms with Gasteiger partial charge in [-0.25, -0.2) is 0 Å². The van der Waals surface area contributed by atoms with E-state index >= 15 is 0 Å². The van der Waals surface area contributed by atoms with Crippen molar-refractivity contribution in [2.75, 3.05) is 37.2 Å². The van der Waals surface area contributed by atoms with Crippen LogP contribution in [0, 0.1) is 0 Å². The van der Waals surface area contributed by atoms with Crippen molar-refractivity contribution in [3.63, 3.8) is 0 Å². The molecule has 2 N–H and O–H groups in total. The average molecular weight is 291 g/mol. The molecule has 0 spiro atoms. The number of hydrogen-bond donors (Lipinski definition) is 2. The average Bonchev–Trinajstić information content (AvgIpc) is 2.67. The van der Waals surface area contributed by atoms with E-state index < -0.39 is 0 Å². The second kappa shape index (κ2) is 5.85. The number of piperazine rings is 1. The number of amides is 2. The van der Waals surface area contributed by atoms with Crippen LogP contribution in [0.1, 0.15) is 16.8 Å². The maximum absolute atomic E-state index is 12.4. The molecule has 1 fully saturated rings. The van der Waals surface area contributed by atoms with Crippen LogP contribution in [0.2, 0.25) is 0 Å². The Morgan fingerprint density at radius 1 is 1.25 bits per heavy atom. The topological polar surface area (TPSA) is 61.4 Å². The lowest BCUT2D eigenvalue weighted by Crippen LogP contribution is -2.46. The van der Waals surface area contributed by atoms with E-state index in [4.69, 9.17) is 0 Å². The Bertz CT molecular complexity index is 541. The molecule has 1 saturated heterocycles. The highest BCUT2D eigenvalue weighted by molar-refractivity contribution is 7.99. The summed E-state index contributed by atoms with van der Waals surface area (Å²) in [5, 5.41) is 6.11. The Morgan fingerprint density at radius 2 is 2.05 bits per heavy atom. The van der Waals surface area contributed by atoms with Crippen LogP contribution in [-0.2, 0) is 4.79 Å². The number of thioether (sulfide) groups is 1. The zero-order valence-electron chi connectivity index (χ0n) is 11.1. The zero-order chi connectivity index (χ0) is 13.9. The summed E-state index contributed by atoms with van der Waals surface area (Å²) in [4.78, 5) is 26.9. The summed E-state index contributed by atoms with van der Waals surface area (Å²) < 4.78 is 0. The van der Waals surface area contributed by atoms with Crippen molar-refractivity contribution in [1.29, 1.82) is 0 Å². The van der Waals surface area contributed by atoms with Gasteiger partial charge in [-0.1, -0.05) is 0 Å². The molecule has 0 radical (unpaired) electrons. The molecular formula is C14H17N3O2S. The summed E-state index contributed by atoms with van der Waals surface area (Å²) in [7, 11) is 0. The van der Waals surface area contributed by atoms with E-state index in [9.17, 15) is 9.59 Å². The fourth-order valence-electron chi connectivity index (χ4n) is 2.40. The number of hydrogen-bond acceptors (Lipinski definition) is 4. The van der Waals surface area contributed by atoms with E-state index in [0.717, 1.165) is 42.5 Å². The fraction of sp³-hybridized carbons (Fsp3) is 0.429. The SMILES string of the molecule is O=C1CCSc2ccc(C(=O)N3CCNCC3)cc2N1. The summed E-state index contributed by atoms with van der Waals surface area (Å²) in [6.45, 7) is 3.14. The standard InChI is InChI=1S/C14H17N3O2S/c18-13-3-8-20-12-2-1-10(9-11(12)16-13)14(19)17-6-4-15-5-7-17/h1-2,9,15H,3-8H2,(H,16,18). The van der Waals surface area contributed by atoms with Crippen molar-refractivity contribution in [1.82, 2.24) is 10.2 Å². The predicted octanol–water partition coefficient (Wildman–Crippen LogP) is 1.17. The van der Waals surface area contributed by atoms with Crippen molar-refractivity contribution in [3.8, 4) is 0 Å². The Hall–Kier alpha value is -1.53. The third-order valence-electron chi connectivity index (χ3n) is 3.49. The van der Waals surface area contributed by atoms with E-state index in [2.05, 4.69) is 10.6 Å². The minimum absolute atomic E-state index is 0.0167. The van der Waals surface area contributed by atoms with Crippen molar-refractivity contribution < 1.29 is 9.59 Å². The zero-order valence-corrected chi connectivity index (χ0v) is 12.0. The molecule has 6 heteroatoms. The molecule has 20 heavy (non-hydrogen) atoms. The number of anilines is 1. The molecule has 2 amide bonds. The van der Waals surface area contributed by atoms with Gasteiger partial charge in [0.05, 0.1) is 5.69 Å². The lowest BCUT2D eigenvalue weighted by molar-refractivity contribution is -0.115. The van der Waals surface area contributed by atoms with E-state index in [1.807, 2.05) is 17.0 Å². The maximum atomic E-state index is 12.4. The molecule has 1 aromatic rings. The molecule has 1 aromatic carbocycles. The normalized spacial score (nSPS) is 19.0. The van der Waals surface area contributed by atoms with Gasteiger partial charge in [0, 0.05) is 48.8 Å². The minimum Gasteiger partial charge on any atom is -0.336 e. The monoisotopic (exact) mass is 291 g/mol. The molecule has 0 aromatic heterocycles. The summed E-state index contributed by atoms with van der Waals surface area (Å²) in [6, 6.07) is 5.59. The lowest BCUT2D eigenvalue weighted by atomic mass is 10.1. The van der Waals surface area contributed by atoms with Crippen molar-refractivity contribution >= 4 is 29.3 Å². The molecule has 0 saturated carbocycles. The van der Waals surface area contributed by atoms with Crippen molar-refractivity contribution in [2.24, 2.45) is 0 Å². The fourth-order valence-corrected chi connectivity index (χ4v) is 3.34. The van der Waals surface area contributed by atoms with Gasteiger partial charge in [-0.15, -0.1) is 11.8 Å². The van der Waals surface area contributed by atoms with Gasteiger partial charge >= 0.3 is 0 Å². The number of carbonyl (C=O) groups is 2. The van der Waals surface area contributed by atoms with Gasteiger partial charge in [0.15, 0.2) is 0 Å². The van der Waals surface area contributed by atoms with Crippen LogP contribution in [0.5, 0.6) is 0 Å². The van der Waals surface area contributed by atoms with Crippen LogP contribution in [0.25, 0.3) is 0 Å². The summed E-state index contributed by atoms with van der Waals surface area (Å²) in [5.41, 5.74) is 1.41.